The fourth-order valence-electron chi connectivity index (χ4n) is 3.02. The van der Waals surface area contributed by atoms with Crippen molar-refractivity contribution in [3.05, 3.63) is 78.6 Å². The van der Waals surface area contributed by atoms with Gasteiger partial charge >= 0.3 is 0 Å². The largest absolute Gasteiger partial charge is 0.497 e. The minimum absolute atomic E-state index is 0.104. The Hall–Kier alpha value is -3.80. The Bertz CT molecular complexity index is 1090. The summed E-state index contributed by atoms with van der Waals surface area (Å²) < 4.78 is 5.15. The summed E-state index contributed by atoms with van der Waals surface area (Å²) in [5.41, 5.74) is 3.75. The predicted octanol–water partition coefficient (Wildman–Crippen LogP) is 4.50. The van der Waals surface area contributed by atoms with Crippen LogP contribution in [0.3, 0.4) is 0 Å². The zero-order valence-corrected chi connectivity index (χ0v) is 15.4. The number of nitrogens with zero attached hydrogens (tertiary/aromatic N) is 1. The molecule has 1 amide bonds. The molecule has 0 fully saturated rings. The standard InChI is InChI=1S/C22H20N4O2/c1-28-18-9-6-16(7-10-18)25-17-8-11-21(24-14-17)26-22(27)12-15-13-23-20-5-3-2-4-19(15)20/h2-11,13-14,23,25H,12H2,1H3,(H,24,26,27). The highest BCUT2D eigenvalue weighted by molar-refractivity contribution is 5.95. The third-order valence-electron chi connectivity index (χ3n) is 4.44. The number of ether oxygens (including phenoxy) is 1. The van der Waals surface area contributed by atoms with E-state index in [0.717, 1.165) is 33.6 Å². The zero-order valence-electron chi connectivity index (χ0n) is 15.4. The molecular formula is C22H20N4O2. The number of carbonyl (C=O) groups excluding carboxylic acids is 1. The Kier molecular flexibility index (Phi) is 4.93. The highest BCUT2D eigenvalue weighted by Crippen LogP contribution is 2.21. The quantitative estimate of drug-likeness (QED) is 0.466. The van der Waals surface area contributed by atoms with E-state index in [4.69, 9.17) is 4.74 Å². The Balaban J connectivity index is 1.37. The van der Waals surface area contributed by atoms with E-state index in [1.165, 1.54) is 0 Å². The third kappa shape index (κ3) is 3.96. The van der Waals surface area contributed by atoms with Gasteiger partial charge in [0.1, 0.15) is 11.6 Å². The minimum atomic E-state index is -0.104. The van der Waals surface area contributed by atoms with E-state index >= 15 is 0 Å². The van der Waals surface area contributed by atoms with Crippen LogP contribution in [0.25, 0.3) is 10.9 Å². The summed E-state index contributed by atoms with van der Waals surface area (Å²) in [5.74, 6) is 1.22. The Morgan fingerprint density at radius 2 is 1.82 bits per heavy atom. The van der Waals surface area contributed by atoms with Crippen molar-refractivity contribution in [2.45, 2.75) is 6.42 Å². The van der Waals surface area contributed by atoms with Gasteiger partial charge in [0.25, 0.3) is 0 Å². The van der Waals surface area contributed by atoms with Gasteiger partial charge in [-0.2, -0.15) is 0 Å². The van der Waals surface area contributed by atoms with Gasteiger partial charge in [0.15, 0.2) is 0 Å². The molecule has 0 radical (unpaired) electrons. The molecule has 2 heterocycles. The van der Waals surface area contributed by atoms with Crippen molar-refractivity contribution in [1.82, 2.24) is 9.97 Å². The molecule has 0 atom stereocenters. The zero-order chi connectivity index (χ0) is 19.3. The Morgan fingerprint density at radius 1 is 1.04 bits per heavy atom. The van der Waals surface area contributed by atoms with Crippen LogP contribution in [0.1, 0.15) is 5.56 Å². The SMILES string of the molecule is COc1ccc(Nc2ccc(NC(=O)Cc3c[nH]c4ccccc34)nc2)cc1. The number of aromatic nitrogens is 2. The molecule has 4 rings (SSSR count). The van der Waals surface area contributed by atoms with E-state index in [1.54, 1.807) is 19.4 Å². The van der Waals surface area contributed by atoms with Crippen molar-refractivity contribution in [3.63, 3.8) is 0 Å². The van der Waals surface area contributed by atoms with Crippen LogP contribution in [0.2, 0.25) is 0 Å². The molecule has 2 aromatic heterocycles. The second-order valence-electron chi connectivity index (χ2n) is 6.37. The summed E-state index contributed by atoms with van der Waals surface area (Å²) in [5, 5.41) is 7.16. The van der Waals surface area contributed by atoms with E-state index in [1.807, 2.05) is 60.8 Å². The molecule has 28 heavy (non-hydrogen) atoms. The lowest BCUT2D eigenvalue weighted by Crippen LogP contribution is -2.15. The molecule has 0 aliphatic carbocycles. The van der Waals surface area contributed by atoms with Crippen molar-refractivity contribution in [3.8, 4) is 5.75 Å². The molecule has 4 aromatic rings. The fraction of sp³-hybridized carbons (Fsp3) is 0.0909. The molecule has 0 aliphatic rings. The van der Waals surface area contributed by atoms with E-state index in [-0.39, 0.29) is 12.3 Å². The second kappa shape index (κ2) is 7.84. The van der Waals surface area contributed by atoms with Gasteiger partial charge in [-0.15, -0.1) is 0 Å². The van der Waals surface area contributed by atoms with Crippen LogP contribution in [0.4, 0.5) is 17.2 Å². The number of rotatable bonds is 6. The number of anilines is 3. The van der Waals surface area contributed by atoms with E-state index < -0.39 is 0 Å². The van der Waals surface area contributed by atoms with E-state index in [2.05, 4.69) is 20.6 Å². The first-order valence-corrected chi connectivity index (χ1v) is 8.93. The number of H-pyrrole nitrogens is 1. The average molecular weight is 372 g/mol. The minimum Gasteiger partial charge on any atom is -0.497 e. The number of hydrogen-bond donors (Lipinski definition) is 3. The lowest BCUT2D eigenvalue weighted by Gasteiger charge is -2.08. The number of aromatic amines is 1. The summed E-state index contributed by atoms with van der Waals surface area (Å²) in [4.78, 5) is 19.9. The number of benzene rings is 2. The molecule has 140 valence electrons. The molecule has 0 unspecified atom stereocenters. The number of nitrogens with one attached hydrogen (secondary N) is 3. The van der Waals surface area contributed by atoms with Gasteiger partial charge in [0, 0.05) is 22.8 Å². The van der Waals surface area contributed by atoms with Gasteiger partial charge in [0.2, 0.25) is 5.91 Å². The maximum Gasteiger partial charge on any atom is 0.230 e. The smallest absolute Gasteiger partial charge is 0.230 e. The molecule has 0 saturated carbocycles. The maximum atomic E-state index is 12.4. The number of methoxy groups -OCH3 is 1. The molecule has 2 aromatic carbocycles. The van der Waals surface area contributed by atoms with Crippen molar-refractivity contribution in [2.24, 2.45) is 0 Å². The first-order chi connectivity index (χ1) is 13.7. The van der Waals surface area contributed by atoms with Crippen LogP contribution in [0, 0.1) is 0 Å². The number of carbonyl (C=O) groups is 1. The number of para-hydroxylation sites is 1. The van der Waals surface area contributed by atoms with Gasteiger partial charge < -0.3 is 20.4 Å². The summed E-state index contributed by atoms with van der Waals surface area (Å²) >= 11 is 0. The predicted molar refractivity (Wildman–Crippen MR) is 111 cm³/mol. The Labute approximate surface area is 162 Å². The molecule has 0 bridgehead atoms. The van der Waals surface area contributed by atoms with Gasteiger partial charge in [-0.3, -0.25) is 4.79 Å². The summed E-state index contributed by atoms with van der Waals surface area (Å²) in [7, 11) is 1.64. The number of amides is 1. The summed E-state index contributed by atoms with van der Waals surface area (Å²) in [6.45, 7) is 0. The van der Waals surface area contributed by atoms with Crippen LogP contribution in [0.5, 0.6) is 5.75 Å². The summed E-state index contributed by atoms with van der Waals surface area (Å²) in [6.07, 6.45) is 3.85. The van der Waals surface area contributed by atoms with Crippen molar-refractivity contribution < 1.29 is 9.53 Å². The highest BCUT2D eigenvalue weighted by Gasteiger charge is 2.09. The van der Waals surface area contributed by atoms with Gasteiger partial charge in [-0.1, -0.05) is 18.2 Å². The van der Waals surface area contributed by atoms with Crippen molar-refractivity contribution in [2.75, 3.05) is 17.7 Å². The van der Waals surface area contributed by atoms with Crippen LogP contribution in [-0.2, 0) is 11.2 Å². The maximum absolute atomic E-state index is 12.4. The normalized spacial score (nSPS) is 10.6. The topological polar surface area (TPSA) is 79.0 Å². The molecule has 0 saturated heterocycles. The number of fused-ring (bicyclic) bond motifs is 1. The van der Waals surface area contributed by atoms with Gasteiger partial charge in [-0.05, 0) is 48.0 Å². The molecule has 6 nitrogen and oxygen atoms in total. The third-order valence-corrected chi connectivity index (χ3v) is 4.44. The first kappa shape index (κ1) is 17.6. The molecular weight excluding hydrogens is 352 g/mol. The van der Waals surface area contributed by atoms with E-state index in [9.17, 15) is 4.79 Å². The highest BCUT2D eigenvalue weighted by atomic mass is 16.5. The van der Waals surface area contributed by atoms with Crippen LogP contribution < -0.4 is 15.4 Å². The molecule has 0 spiro atoms. The second-order valence-corrected chi connectivity index (χ2v) is 6.37. The molecule has 6 heteroatoms. The fourth-order valence-corrected chi connectivity index (χ4v) is 3.02. The number of hydrogen-bond acceptors (Lipinski definition) is 4. The molecule has 3 N–H and O–H groups in total. The van der Waals surface area contributed by atoms with Crippen molar-refractivity contribution in [1.29, 1.82) is 0 Å². The van der Waals surface area contributed by atoms with Crippen LogP contribution >= 0.6 is 0 Å². The summed E-state index contributed by atoms with van der Waals surface area (Å²) in [6, 6.07) is 19.2. The van der Waals surface area contributed by atoms with Gasteiger partial charge in [-0.25, -0.2) is 4.98 Å². The lowest BCUT2D eigenvalue weighted by molar-refractivity contribution is -0.115. The van der Waals surface area contributed by atoms with Crippen LogP contribution in [0.15, 0.2) is 73.1 Å². The lowest BCUT2D eigenvalue weighted by atomic mass is 10.1. The molecule has 0 aliphatic heterocycles. The first-order valence-electron chi connectivity index (χ1n) is 8.93. The average Bonchev–Trinajstić information content (AvgIpc) is 3.13. The monoisotopic (exact) mass is 372 g/mol. The van der Waals surface area contributed by atoms with Crippen LogP contribution in [-0.4, -0.2) is 23.0 Å². The number of pyridine rings is 1. The van der Waals surface area contributed by atoms with Gasteiger partial charge in [0.05, 0.1) is 25.4 Å². The van der Waals surface area contributed by atoms with E-state index in [0.29, 0.717) is 5.82 Å². The van der Waals surface area contributed by atoms with Crippen molar-refractivity contribution >= 4 is 34.0 Å². The Morgan fingerprint density at radius 3 is 2.57 bits per heavy atom.